The summed E-state index contributed by atoms with van der Waals surface area (Å²) in [4.78, 5) is 2.38. The van der Waals surface area contributed by atoms with Gasteiger partial charge in [-0.05, 0) is 37.6 Å². The molecule has 0 amide bonds. The zero-order valence-electron chi connectivity index (χ0n) is 11.9. The summed E-state index contributed by atoms with van der Waals surface area (Å²) in [6, 6.07) is 8.90. The lowest BCUT2D eigenvalue weighted by atomic mass is 9.98. The maximum absolute atomic E-state index is 6.17. The Labute approximate surface area is 120 Å². The summed E-state index contributed by atoms with van der Waals surface area (Å²) >= 11 is 3.48. The van der Waals surface area contributed by atoms with Gasteiger partial charge in [0.1, 0.15) is 0 Å². The topological polar surface area (TPSA) is 29.3 Å². The normalized spacial score (nSPS) is 16.6. The quantitative estimate of drug-likeness (QED) is 0.865. The molecule has 1 rings (SSSR count). The summed E-state index contributed by atoms with van der Waals surface area (Å²) in [5.74, 6) is 0.701. The molecule has 0 radical (unpaired) electrons. The van der Waals surface area contributed by atoms with E-state index in [0.29, 0.717) is 5.92 Å². The van der Waals surface area contributed by atoms with Crippen molar-refractivity contribution < 1.29 is 0 Å². The SMILES string of the molecule is CCC(C)CN(C)C(c1ccc(Br)cc1)C(C)N. The minimum atomic E-state index is 0.125. The second-order valence-corrected chi connectivity index (χ2v) is 6.22. The van der Waals surface area contributed by atoms with Crippen LogP contribution in [0.5, 0.6) is 0 Å². The first kappa shape index (κ1) is 15.7. The maximum Gasteiger partial charge on any atom is 0.0493 e. The first-order valence-electron chi connectivity index (χ1n) is 6.67. The number of nitrogens with two attached hydrogens (primary N) is 1. The molecule has 0 aliphatic rings. The highest BCUT2D eigenvalue weighted by atomic mass is 79.9. The fraction of sp³-hybridized carbons (Fsp3) is 0.600. The summed E-state index contributed by atoms with van der Waals surface area (Å²) in [5.41, 5.74) is 7.46. The Balaban J connectivity index is 2.85. The largest absolute Gasteiger partial charge is 0.326 e. The summed E-state index contributed by atoms with van der Waals surface area (Å²) in [6.07, 6.45) is 1.20. The second kappa shape index (κ2) is 7.27. The van der Waals surface area contributed by atoms with Gasteiger partial charge in [0.05, 0.1) is 0 Å². The summed E-state index contributed by atoms with van der Waals surface area (Å²) in [7, 11) is 2.17. The van der Waals surface area contributed by atoms with E-state index in [-0.39, 0.29) is 12.1 Å². The van der Waals surface area contributed by atoms with E-state index in [9.17, 15) is 0 Å². The van der Waals surface area contributed by atoms with E-state index in [4.69, 9.17) is 5.73 Å². The summed E-state index contributed by atoms with van der Waals surface area (Å²) in [6.45, 7) is 7.69. The van der Waals surface area contributed by atoms with Crippen LogP contribution in [0, 0.1) is 5.92 Å². The number of hydrogen-bond donors (Lipinski definition) is 1. The Morgan fingerprint density at radius 3 is 2.22 bits per heavy atom. The maximum atomic E-state index is 6.17. The van der Waals surface area contributed by atoms with Crippen LogP contribution in [0.25, 0.3) is 0 Å². The van der Waals surface area contributed by atoms with Gasteiger partial charge in [-0.25, -0.2) is 0 Å². The smallest absolute Gasteiger partial charge is 0.0493 e. The number of rotatable bonds is 6. The lowest BCUT2D eigenvalue weighted by molar-refractivity contribution is 0.190. The molecule has 3 atom stereocenters. The van der Waals surface area contributed by atoms with Crippen LogP contribution in [-0.2, 0) is 0 Å². The highest BCUT2D eigenvalue weighted by Gasteiger charge is 2.21. The predicted octanol–water partition coefficient (Wildman–Crippen LogP) is 3.82. The molecule has 0 saturated carbocycles. The van der Waals surface area contributed by atoms with Gasteiger partial charge in [0.15, 0.2) is 0 Å². The molecule has 1 aromatic carbocycles. The van der Waals surface area contributed by atoms with Crippen LogP contribution in [0.3, 0.4) is 0 Å². The number of likely N-dealkylation sites (N-methyl/N-ethyl adjacent to an activating group) is 1. The highest BCUT2D eigenvalue weighted by molar-refractivity contribution is 9.10. The Hall–Kier alpha value is -0.380. The van der Waals surface area contributed by atoms with Gasteiger partial charge in [-0.15, -0.1) is 0 Å². The van der Waals surface area contributed by atoms with Crippen LogP contribution in [0.1, 0.15) is 38.8 Å². The zero-order valence-corrected chi connectivity index (χ0v) is 13.4. The lowest BCUT2D eigenvalue weighted by Gasteiger charge is -2.33. The van der Waals surface area contributed by atoms with E-state index < -0.39 is 0 Å². The summed E-state index contributed by atoms with van der Waals surface area (Å²) in [5, 5.41) is 0. The van der Waals surface area contributed by atoms with E-state index in [1.807, 2.05) is 0 Å². The highest BCUT2D eigenvalue weighted by Crippen LogP contribution is 2.25. The van der Waals surface area contributed by atoms with E-state index >= 15 is 0 Å². The van der Waals surface area contributed by atoms with Gasteiger partial charge in [-0.3, -0.25) is 4.90 Å². The third-order valence-electron chi connectivity index (χ3n) is 3.48. The third kappa shape index (κ3) is 4.38. The van der Waals surface area contributed by atoms with Gasteiger partial charge >= 0.3 is 0 Å². The van der Waals surface area contributed by atoms with Crippen molar-refractivity contribution in [1.29, 1.82) is 0 Å². The van der Waals surface area contributed by atoms with Gasteiger partial charge in [0.2, 0.25) is 0 Å². The van der Waals surface area contributed by atoms with Crippen molar-refractivity contribution in [2.24, 2.45) is 11.7 Å². The molecule has 3 unspecified atom stereocenters. The Kier molecular flexibility index (Phi) is 6.33. The molecule has 3 heteroatoms. The molecule has 0 fully saturated rings. The first-order valence-corrected chi connectivity index (χ1v) is 7.46. The molecule has 0 aliphatic carbocycles. The second-order valence-electron chi connectivity index (χ2n) is 5.31. The molecule has 0 heterocycles. The molecule has 0 spiro atoms. The van der Waals surface area contributed by atoms with Crippen molar-refractivity contribution in [2.45, 2.75) is 39.3 Å². The van der Waals surface area contributed by atoms with Gasteiger partial charge in [0, 0.05) is 23.1 Å². The zero-order chi connectivity index (χ0) is 13.7. The van der Waals surface area contributed by atoms with Crippen LogP contribution in [-0.4, -0.2) is 24.5 Å². The van der Waals surface area contributed by atoms with Gasteiger partial charge in [0.25, 0.3) is 0 Å². The molecule has 0 saturated heterocycles. The van der Waals surface area contributed by atoms with E-state index in [1.54, 1.807) is 0 Å². The summed E-state index contributed by atoms with van der Waals surface area (Å²) < 4.78 is 1.11. The predicted molar refractivity (Wildman–Crippen MR) is 82.6 cm³/mol. The van der Waals surface area contributed by atoms with Crippen molar-refractivity contribution in [2.75, 3.05) is 13.6 Å². The third-order valence-corrected chi connectivity index (χ3v) is 4.01. The number of halogens is 1. The number of hydrogen-bond acceptors (Lipinski definition) is 2. The van der Waals surface area contributed by atoms with E-state index in [1.165, 1.54) is 12.0 Å². The van der Waals surface area contributed by atoms with Crippen molar-refractivity contribution in [3.05, 3.63) is 34.3 Å². The van der Waals surface area contributed by atoms with Crippen molar-refractivity contribution in [3.8, 4) is 0 Å². The van der Waals surface area contributed by atoms with Crippen molar-refractivity contribution in [1.82, 2.24) is 4.90 Å². The lowest BCUT2D eigenvalue weighted by Crippen LogP contribution is -2.39. The van der Waals surface area contributed by atoms with Crippen LogP contribution in [0.2, 0.25) is 0 Å². The Morgan fingerprint density at radius 2 is 1.78 bits per heavy atom. The standard InChI is InChI=1S/C15H25BrN2/c1-5-11(2)10-18(4)15(12(3)17)13-6-8-14(16)9-7-13/h6-9,11-12,15H,5,10,17H2,1-4H3. The first-order chi connectivity index (χ1) is 8.45. The Morgan fingerprint density at radius 1 is 1.22 bits per heavy atom. The van der Waals surface area contributed by atoms with Crippen molar-refractivity contribution in [3.63, 3.8) is 0 Å². The van der Waals surface area contributed by atoms with Gasteiger partial charge in [-0.1, -0.05) is 48.3 Å². The van der Waals surface area contributed by atoms with Crippen molar-refractivity contribution >= 4 is 15.9 Å². The monoisotopic (exact) mass is 312 g/mol. The molecule has 102 valence electrons. The molecule has 1 aromatic rings. The fourth-order valence-electron chi connectivity index (χ4n) is 2.35. The Bertz CT molecular complexity index is 348. The van der Waals surface area contributed by atoms with E-state index in [2.05, 4.69) is 72.9 Å². The van der Waals surface area contributed by atoms with E-state index in [0.717, 1.165) is 11.0 Å². The molecule has 2 N–H and O–H groups in total. The molecule has 0 bridgehead atoms. The number of benzene rings is 1. The molecule has 0 aromatic heterocycles. The number of nitrogens with zero attached hydrogens (tertiary/aromatic N) is 1. The fourth-order valence-corrected chi connectivity index (χ4v) is 2.62. The van der Waals surface area contributed by atoms with Crippen LogP contribution in [0.15, 0.2) is 28.7 Å². The minimum absolute atomic E-state index is 0.125. The average molecular weight is 313 g/mol. The molecule has 0 aliphatic heterocycles. The molecule has 2 nitrogen and oxygen atoms in total. The minimum Gasteiger partial charge on any atom is -0.326 e. The van der Waals surface area contributed by atoms with Gasteiger partial charge in [-0.2, -0.15) is 0 Å². The molecule has 18 heavy (non-hydrogen) atoms. The molecular formula is C15H25BrN2. The van der Waals surface area contributed by atoms with Gasteiger partial charge < -0.3 is 5.73 Å². The van der Waals surface area contributed by atoms with Crippen LogP contribution in [0.4, 0.5) is 0 Å². The average Bonchev–Trinajstić information content (AvgIpc) is 2.31. The van der Waals surface area contributed by atoms with Crippen LogP contribution >= 0.6 is 15.9 Å². The molecular weight excluding hydrogens is 288 g/mol. The van der Waals surface area contributed by atoms with Crippen LogP contribution < -0.4 is 5.73 Å².